The highest BCUT2D eigenvalue weighted by Gasteiger charge is 2.27. The summed E-state index contributed by atoms with van der Waals surface area (Å²) in [6.07, 6.45) is 0.312. The van der Waals surface area contributed by atoms with E-state index in [9.17, 15) is 4.79 Å². The summed E-state index contributed by atoms with van der Waals surface area (Å²) in [7, 11) is 1.27. The number of rotatable bonds is 5. The molecule has 0 aliphatic carbocycles. The van der Waals surface area contributed by atoms with E-state index < -0.39 is 17.4 Å². The second-order valence-corrected chi connectivity index (χ2v) is 3.60. The number of aliphatic hydroxyl groups excluding tert-OH is 1. The predicted molar refractivity (Wildman–Crippen MR) is 46.2 cm³/mol. The molecule has 0 bridgehead atoms. The van der Waals surface area contributed by atoms with Crippen molar-refractivity contribution in [1.82, 2.24) is 5.48 Å². The summed E-state index contributed by atoms with van der Waals surface area (Å²) < 4.78 is 4.49. The highest BCUT2D eigenvalue weighted by atomic mass is 16.5. The molecule has 3 N–H and O–H groups in total. The maximum Gasteiger partial charge on any atom is 0.311 e. The zero-order chi connectivity index (χ0) is 10.5. The maximum atomic E-state index is 11.0. The summed E-state index contributed by atoms with van der Waals surface area (Å²) in [4.78, 5) is 11.0. The number of esters is 1. The first-order chi connectivity index (χ1) is 5.96. The van der Waals surface area contributed by atoms with Crippen LogP contribution in [-0.4, -0.2) is 35.5 Å². The van der Waals surface area contributed by atoms with Crippen molar-refractivity contribution in [1.29, 1.82) is 0 Å². The van der Waals surface area contributed by atoms with Crippen molar-refractivity contribution in [3.8, 4) is 0 Å². The second kappa shape index (κ2) is 5.16. The van der Waals surface area contributed by atoms with Crippen LogP contribution in [0.3, 0.4) is 0 Å². The van der Waals surface area contributed by atoms with Crippen molar-refractivity contribution in [3.63, 3.8) is 0 Å². The van der Waals surface area contributed by atoms with Gasteiger partial charge in [-0.2, -0.15) is 0 Å². The van der Waals surface area contributed by atoms with Crippen LogP contribution >= 0.6 is 0 Å². The fourth-order valence-electron chi connectivity index (χ4n) is 1.05. The van der Waals surface area contributed by atoms with Gasteiger partial charge in [0.2, 0.25) is 0 Å². The molecule has 0 amide bonds. The molecular formula is C8H17NO4. The highest BCUT2D eigenvalue weighted by molar-refractivity contribution is 5.72. The molecular weight excluding hydrogens is 174 g/mol. The van der Waals surface area contributed by atoms with Gasteiger partial charge in [-0.15, -0.1) is 0 Å². The minimum absolute atomic E-state index is 0.280. The molecule has 13 heavy (non-hydrogen) atoms. The zero-order valence-corrected chi connectivity index (χ0v) is 8.20. The molecule has 5 nitrogen and oxygen atoms in total. The van der Waals surface area contributed by atoms with Gasteiger partial charge < -0.3 is 15.1 Å². The van der Waals surface area contributed by atoms with E-state index in [0.717, 1.165) is 0 Å². The van der Waals surface area contributed by atoms with E-state index in [2.05, 4.69) is 10.2 Å². The minimum Gasteiger partial charge on any atom is -0.469 e. The van der Waals surface area contributed by atoms with Gasteiger partial charge in [-0.25, -0.2) is 5.48 Å². The Bertz CT molecular complexity index is 170. The van der Waals surface area contributed by atoms with E-state index in [1.807, 2.05) is 0 Å². The number of carbonyl (C=O) groups is 1. The third-order valence-corrected chi connectivity index (χ3v) is 1.81. The quantitative estimate of drug-likeness (QED) is 0.418. The number of nitrogens with one attached hydrogen (secondary N) is 1. The van der Waals surface area contributed by atoms with E-state index >= 15 is 0 Å². The number of carbonyl (C=O) groups excluding carboxylic acids is 1. The lowest BCUT2D eigenvalue weighted by Crippen LogP contribution is -2.41. The first kappa shape index (κ1) is 12.3. The first-order valence-corrected chi connectivity index (χ1v) is 4.07. The number of methoxy groups -OCH3 is 1. The Kier molecular flexibility index (Phi) is 4.90. The number of hydrogen-bond acceptors (Lipinski definition) is 5. The fourth-order valence-corrected chi connectivity index (χ4v) is 1.05. The number of hydrogen-bond donors (Lipinski definition) is 3. The molecule has 0 heterocycles. The number of hydroxylamine groups is 1. The average molecular weight is 191 g/mol. The molecule has 5 heteroatoms. The van der Waals surface area contributed by atoms with E-state index in [-0.39, 0.29) is 6.61 Å². The van der Waals surface area contributed by atoms with Gasteiger partial charge in [-0.3, -0.25) is 4.79 Å². The van der Waals surface area contributed by atoms with Gasteiger partial charge >= 0.3 is 5.97 Å². The maximum absolute atomic E-state index is 11.0. The molecule has 1 atom stereocenters. The summed E-state index contributed by atoms with van der Waals surface area (Å²) in [5, 5.41) is 17.6. The van der Waals surface area contributed by atoms with Crippen molar-refractivity contribution < 1.29 is 19.8 Å². The summed E-state index contributed by atoms with van der Waals surface area (Å²) in [5.74, 6) is -1.06. The fraction of sp³-hybridized carbons (Fsp3) is 0.875. The molecule has 78 valence electrons. The lowest BCUT2D eigenvalue weighted by Gasteiger charge is -2.25. The Morgan fingerprint density at radius 3 is 2.46 bits per heavy atom. The van der Waals surface area contributed by atoms with Gasteiger partial charge in [0.05, 0.1) is 19.6 Å². The monoisotopic (exact) mass is 191 g/mol. The lowest BCUT2D eigenvalue weighted by molar-refractivity contribution is -0.148. The molecule has 1 unspecified atom stereocenters. The van der Waals surface area contributed by atoms with Gasteiger partial charge in [-0.1, -0.05) is 0 Å². The molecule has 0 spiro atoms. The molecule has 0 saturated heterocycles. The zero-order valence-electron chi connectivity index (χ0n) is 8.20. The van der Waals surface area contributed by atoms with E-state index in [1.165, 1.54) is 7.11 Å². The lowest BCUT2D eigenvalue weighted by atomic mass is 9.92. The Hall–Kier alpha value is -0.650. The second-order valence-electron chi connectivity index (χ2n) is 3.60. The molecule has 0 aromatic heterocycles. The van der Waals surface area contributed by atoms with Crippen molar-refractivity contribution in [3.05, 3.63) is 0 Å². The normalized spacial score (nSPS) is 13.9. The number of aliphatic hydroxyl groups is 1. The van der Waals surface area contributed by atoms with Crippen molar-refractivity contribution in [2.75, 3.05) is 13.7 Å². The van der Waals surface area contributed by atoms with Crippen LogP contribution < -0.4 is 5.48 Å². The third-order valence-electron chi connectivity index (χ3n) is 1.81. The summed E-state index contributed by atoms with van der Waals surface area (Å²) in [5.41, 5.74) is 1.46. The first-order valence-electron chi connectivity index (χ1n) is 4.07. The van der Waals surface area contributed by atoms with Crippen molar-refractivity contribution in [2.24, 2.45) is 5.92 Å². The molecule has 0 aliphatic rings. The highest BCUT2D eigenvalue weighted by Crippen LogP contribution is 2.16. The molecule has 0 fully saturated rings. The molecule has 0 rings (SSSR count). The van der Waals surface area contributed by atoms with Crippen LogP contribution in [0.25, 0.3) is 0 Å². The minimum atomic E-state index is -0.610. The summed E-state index contributed by atoms with van der Waals surface area (Å²) in [6, 6.07) is 0. The van der Waals surface area contributed by atoms with E-state index in [1.54, 1.807) is 13.8 Å². The van der Waals surface area contributed by atoms with Crippen LogP contribution in [0.15, 0.2) is 0 Å². The van der Waals surface area contributed by atoms with Crippen LogP contribution in [0.5, 0.6) is 0 Å². The van der Waals surface area contributed by atoms with Gasteiger partial charge in [-0.05, 0) is 20.3 Å². The van der Waals surface area contributed by atoms with Crippen LogP contribution in [0.2, 0.25) is 0 Å². The van der Waals surface area contributed by atoms with Crippen LogP contribution in [0.4, 0.5) is 0 Å². The molecule has 0 saturated carbocycles. The molecule has 0 aromatic carbocycles. The molecule has 0 aliphatic heterocycles. The van der Waals surface area contributed by atoms with Crippen molar-refractivity contribution in [2.45, 2.75) is 25.8 Å². The van der Waals surface area contributed by atoms with Crippen molar-refractivity contribution >= 4 is 5.97 Å². The van der Waals surface area contributed by atoms with Crippen LogP contribution in [-0.2, 0) is 9.53 Å². The number of ether oxygens (including phenoxy) is 1. The SMILES string of the molecule is COC(=O)C(CO)CC(C)(C)NO. The predicted octanol–water partition coefficient (Wildman–Crippen LogP) is -0.0846. The summed E-state index contributed by atoms with van der Waals surface area (Å²) >= 11 is 0. The van der Waals surface area contributed by atoms with Crippen LogP contribution in [0, 0.1) is 5.92 Å². The van der Waals surface area contributed by atoms with Gasteiger partial charge in [0.25, 0.3) is 0 Å². The Morgan fingerprint density at radius 1 is 1.62 bits per heavy atom. The van der Waals surface area contributed by atoms with Gasteiger partial charge in [0.15, 0.2) is 0 Å². The standard InChI is InChI=1S/C8H17NO4/c1-8(2,9-12)4-6(5-10)7(11)13-3/h6,9-10,12H,4-5H2,1-3H3. The smallest absolute Gasteiger partial charge is 0.311 e. The van der Waals surface area contributed by atoms with Crippen LogP contribution in [0.1, 0.15) is 20.3 Å². The topological polar surface area (TPSA) is 78.8 Å². The largest absolute Gasteiger partial charge is 0.469 e. The Balaban J connectivity index is 4.20. The van der Waals surface area contributed by atoms with E-state index in [4.69, 9.17) is 10.3 Å². The molecule has 0 aromatic rings. The molecule has 0 radical (unpaired) electrons. The van der Waals surface area contributed by atoms with Gasteiger partial charge in [0, 0.05) is 5.54 Å². The Labute approximate surface area is 77.7 Å². The van der Waals surface area contributed by atoms with Gasteiger partial charge in [0.1, 0.15) is 0 Å². The van der Waals surface area contributed by atoms with E-state index in [0.29, 0.717) is 6.42 Å². The third kappa shape index (κ3) is 4.21. The summed E-state index contributed by atoms with van der Waals surface area (Å²) in [6.45, 7) is 3.16. The average Bonchev–Trinajstić information content (AvgIpc) is 2.13. The Morgan fingerprint density at radius 2 is 2.15 bits per heavy atom.